The summed E-state index contributed by atoms with van der Waals surface area (Å²) in [7, 11) is 1.59. The molecule has 0 saturated carbocycles. The van der Waals surface area contributed by atoms with Crippen LogP contribution in [0.4, 0.5) is 4.39 Å². The van der Waals surface area contributed by atoms with Crippen LogP contribution in [0, 0.1) is 12.7 Å². The van der Waals surface area contributed by atoms with Gasteiger partial charge in [-0.05, 0) is 19.1 Å². The van der Waals surface area contributed by atoms with Gasteiger partial charge >= 0.3 is 0 Å². The summed E-state index contributed by atoms with van der Waals surface area (Å²) in [6.07, 6.45) is 0. The minimum atomic E-state index is -0.256. The van der Waals surface area contributed by atoms with Crippen LogP contribution in [0.1, 0.15) is 5.69 Å². The Balaban J connectivity index is 2.50. The van der Waals surface area contributed by atoms with Crippen molar-refractivity contribution in [2.45, 2.75) is 6.92 Å². The van der Waals surface area contributed by atoms with Crippen LogP contribution < -0.4 is 4.74 Å². The summed E-state index contributed by atoms with van der Waals surface area (Å²) in [4.78, 5) is 4.27. The van der Waals surface area contributed by atoms with Crippen LogP contribution in [-0.2, 0) is 0 Å². The lowest BCUT2D eigenvalue weighted by molar-refractivity contribution is 0.423. The predicted molar refractivity (Wildman–Crippen MR) is 58.8 cm³/mol. The molecule has 0 atom stereocenters. The lowest BCUT2D eigenvalue weighted by Crippen LogP contribution is -1.82. The lowest BCUT2D eigenvalue weighted by Gasteiger charge is -1.96. The molecule has 0 fully saturated rings. The monoisotopic (exact) mass is 223 g/mol. The van der Waals surface area contributed by atoms with Crippen molar-refractivity contribution >= 4 is 11.3 Å². The molecule has 0 unspecified atom stereocenters. The van der Waals surface area contributed by atoms with Gasteiger partial charge in [-0.1, -0.05) is 23.5 Å². The van der Waals surface area contributed by atoms with E-state index in [1.807, 2.05) is 6.92 Å². The number of aryl methyl sites for hydroxylation is 1. The molecule has 0 bridgehead atoms. The Kier molecular flexibility index (Phi) is 2.68. The Morgan fingerprint density at radius 3 is 2.67 bits per heavy atom. The molecule has 0 aliphatic heterocycles. The molecular formula is C11H10FNOS. The van der Waals surface area contributed by atoms with Gasteiger partial charge in [0.15, 0.2) is 5.06 Å². The molecule has 0 radical (unpaired) electrons. The van der Waals surface area contributed by atoms with E-state index in [1.165, 1.54) is 17.4 Å². The number of hydrogen-bond acceptors (Lipinski definition) is 3. The molecule has 0 spiro atoms. The van der Waals surface area contributed by atoms with E-state index < -0.39 is 0 Å². The largest absolute Gasteiger partial charge is 0.486 e. The van der Waals surface area contributed by atoms with Gasteiger partial charge in [0.1, 0.15) is 10.8 Å². The van der Waals surface area contributed by atoms with E-state index in [1.54, 1.807) is 25.3 Å². The topological polar surface area (TPSA) is 22.1 Å². The molecule has 2 aromatic rings. The third kappa shape index (κ3) is 1.85. The van der Waals surface area contributed by atoms with Crippen molar-refractivity contribution in [1.29, 1.82) is 0 Å². The van der Waals surface area contributed by atoms with Gasteiger partial charge in [0, 0.05) is 5.56 Å². The molecular weight excluding hydrogens is 213 g/mol. The molecule has 1 aromatic carbocycles. The van der Waals surface area contributed by atoms with E-state index in [-0.39, 0.29) is 5.82 Å². The standard InChI is InChI=1S/C11H10FNOS/c1-7-11(14-2)15-10(13-7)8-5-3-4-6-9(8)12/h3-6H,1-2H3. The van der Waals surface area contributed by atoms with Crippen molar-refractivity contribution in [3.63, 3.8) is 0 Å². The van der Waals surface area contributed by atoms with Gasteiger partial charge in [-0.3, -0.25) is 0 Å². The zero-order chi connectivity index (χ0) is 10.8. The molecule has 2 rings (SSSR count). The van der Waals surface area contributed by atoms with Crippen molar-refractivity contribution in [3.05, 3.63) is 35.8 Å². The summed E-state index contributed by atoms with van der Waals surface area (Å²) in [5, 5.41) is 1.38. The van der Waals surface area contributed by atoms with Gasteiger partial charge in [-0.15, -0.1) is 0 Å². The second kappa shape index (κ2) is 3.98. The van der Waals surface area contributed by atoms with Crippen molar-refractivity contribution < 1.29 is 9.13 Å². The zero-order valence-corrected chi connectivity index (χ0v) is 9.27. The molecule has 15 heavy (non-hydrogen) atoms. The van der Waals surface area contributed by atoms with Gasteiger partial charge in [-0.2, -0.15) is 0 Å². The normalized spacial score (nSPS) is 10.3. The van der Waals surface area contributed by atoms with Crippen LogP contribution >= 0.6 is 11.3 Å². The maximum Gasteiger partial charge on any atom is 0.197 e. The SMILES string of the molecule is COc1sc(-c2ccccc2F)nc1C. The van der Waals surface area contributed by atoms with Gasteiger partial charge in [-0.25, -0.2) is 9.37 Å². The van der Waals surface area contributed by atoms with E-state index in [4.69, 9.17) is 4.74 Å². The number of rotatable bonds is 2. The number of thiazole rings is 1. The highest BCUT2D eigenvalue weighted by molar-refractivity contribution is 7.17. The van der Waals surface area contributed by atoms with Crippen LogP contribution in [0.2, 0.25) is 0 Å². The van der Waals surface area contributed by atoms with E-state index in [0.717, 1.165) is 10.8 Å². The summed E-state index contributed by atoms with van der Waals surface area (Å²) < 4.78 is 18.6. The second-order valence-electron chi connectivity index (χ2n) is 3.08. The fraction of sp³-hybridized carbons (Fsp3) is 0.182. The molecule has 1 heterocycles. The molecule has 0 N–H and O–H groups in total. The minimum Gasteiger partial charge on any atom is -0.486 e. The molecule has 0 aliphatic rings. The molecule has 1 aromatic heterocycles. The molecule has 4 heteroatoms. The van der Waals surface area contributed by atoms with Crippen molar-refractivity contribution in [2.75, 3.05) is 7.11 Å². The minimum absolute atomic E-state index is 0.256. The average Bonchev–Trinajstić information content (AvgIpc) is 2.60. The second-order valence-corrected chi connectivity index (χ2v) is 4.04. The third-order valence-corrected chi connectivity index (χ3v) is 3.20. The fourth-order valence-corrected chi connectivity index (χ4v) is 2.23. The highest BCUT2D eigenvalue weighted by Crippen LogP contribution is 2.34. The van der Waals surface area contributed by atoms with Gasteiger partial charge in [0.05, 0.1) is 12.8 Å². The number of ether oxygens (including phenoxy) is 1. The molecule has 0 amide bonds. The molecule has 0 aliphatic carbocycles. The summed E-state index contributed by atoms with van der Waals surface area (Å²) >= 11 is 1.35. The summed E-state index contributed by atoms with van der Waals surface area (Å²) in [5.74, 6) is -0.256. The Labute approximate surface area is 91.4 Å². The highest BCUT2D eigenvalue weighted by atomic mass is 32.1. The number of hydrogen-bond donors (Lipinski definition) is 0. The fourth-order valence-electron chi connectivity index (χ4n) is 1.32. The van der Waals surface area contributed by atoms with E-state index >= 15 is 0 Å². The average molecular weight is 223 g/mol. The van der Waals surface area contributed by atoms with Crippen LogP contribution in [0.25, 0.3) is 10.6 Å². The first kappa shape index (κ1) is 10.1. The van der Waals surface area contributed by atoms with E-state index in [0.29, 0.717) is 10.6 Å². The van der Waals surface area contributed by atoms with Crippen LogP contribution in [0.15, 0.2) is 24.3 Å². The zero-order valence-electron chi connectivity index (χ0n) is 8.45. The molecule has 78 valence electrons. The first-order valence-corrected chi connectivity index (χ1v) is 5.30. The quantitative estimate of drug-likeness (QED) is 0.779. The first-order chi connectivity index (χ1) is 7.22. The van der Waals surface area contributed by atoms with Crippen molar-refractivity contribution in [2.24, 2.45) is 0 Å². The van der Waals surface area contributed by atoms with Gasteiger partial charge in [0.2, 0.25) is 0 Å². The van der Waals surface area contributed by atoms with Crippen molar-refractivity contribution in [3.8, 4) is 15.6 Å². The Hall–Kier alpha value is -1.42. The summed E-state index contributed by atoms with van der Waals surface area (Å²) in [5.41, 5.74) is 1.31. The number of benzene rings is 1. The third-order valence-electron chi connectivity index (χ3n) is 2.04. The number of nitrogens with zero attached hydrogens (tertiary/aromatic N) is 1. The summed E-state index contributed by atoms with van der Waals surface area (Å²) in [6, 6.07) is 6.60. The van der Waals surface area contributed by atoms with Crippen LogP contribution in [0.5, 0.6) is 5.06 Å². The maximum absolute atomic E-state index is 13.4. The van der Waals surface area contributed by atoms with Crippen LogP contribution in [-0.4, -0.2) is 12.1 Å². The first-order valence-electron chi connectivity index (χ1n) is 4.48. The van der Waals surface area contributed by atoms with Gasteiger partial charge in [0.25, 0.3) is 0 Å². The number of halogens is 1. The highest BCUT2D eigenvalue weighted by Gasteiger charge is 2.12. The molecule has 0 saturated heterocycles. The number of methoxy groups -OCH3 is 1. The number of aromatic nitrogens is 1. The Bertz CT molecular complexity index is 481. The lowest BCUT2D eigenvalue weighted by atomic mass is 10.2. The molecule has 2 nitrogen and oxygen atoms in total. The smallest absolute Gasteiger partial charge is 0.197 e. The maximum atomic E-state index is 13.4. The van der Waals surface area contributed by atoms with Gasteiger partial charge < -0.3 is 4.74 Å². The Morgan fingerprint density at radius 1 is 1.33 bits per heavy atom. The van der Waals surface area contributed by atoms with Crippen molar-refractivity contribution in [1.82, 2.24) is 4.98 Å². The van der Waals surface area contributed by atoms with Crippen LogP contribution in [0.3, 0.4) is 0 Å². The summed E-state index contributed by atoms with van der Waals surface area (Å²) in [6.45, 7) is 1.85. The predicted octanol–water partition coefficient (Wildman–Crippen LogP) is 3.27. The Morgan fingerprint density at radius 2 is 2.07 bits per heavy atom. The van der Waals surface area contributed by atoms with E-state index in [9.17, 15) is 4.39 Å². The van der Waals surface area contributed by atoms with E-state index in [2.05, 4.69) is 4.98 Å².